The molecular weight excluding hydrogens is 478 g/mol. The van der Waals surface area contributed by atoms with Crippen LogP contribution in [0.4, 0.5) is 0 Å². The summed E-state index contributed by atoms with van der Waals surface area (Å²) >= 11 is 0. The average molecular weight is 506 g/mol. The van der Waals surface area contributed by atoms with Crippen LogP contribution in [0.5, 0.6) is 5.75 Å². The average Bonchev–Trinajstić information content (AvgIpc) is 2.96. The Morgan fingerprint density at radius 3 is 2.24 bits per heavy atom. The number of hydrogen-bond acceptors (Lipinski definition) is 4. The van der Waals surface area contributed by atoms with Gasteiger partial charge in [0, 0.05) is 5.56 Å². The largest absolute Gasteiger partial charge is 0.495 e. The zero-order valence-corrected chi connectivity index (χ0v) is 21.1. The molecule has 0 fully saturated rings. The predicted molar refractivity (Wildman–Crippen MR) is 148 cm³/mol. The van der Waals surface area contributed by atoms with Gasteiger partial charge < -0.3 is 10.1 Å². The highest BCUT2D eigenvalue weighted by atomic mass is 16.5. The van der Waals surface area contributed by atoms with Crippen molar-refractivity contribution in [2.24, 2.45) is 0 Å². The molecule has 1 aromatic heterocycles. The molecule has 190 valence electrons. The zero-order chi connectivity index (χ0) is 26.6. The van der Waals surface area contributed by atoms with Crippen molar-refractivity contribution in [1.29, 1.82) is 0 Å². The van der Waals surface area contributed by atoms with Gasteiger partial charge in [0.1, 0.15) is 5.75 Å². The smallest absolute Gasteiger partial charge is 0.336 e. The third-order valence-corrected chi connectivity index (χ3v) is 6.58. The highest BCUT2D eigenvalue weighted by Gasteiger charge is 2.17. The maximum Gasteiger partial charge on any atom is 0.336 e. The molecule has 0 saturated heterocycles. The molecule has 0 saturated carbocycles. The first-order valence-corrected chi connectivity index (χ1v) is 12.3. The number of nitrogens with zero attached hydrogens (tertiary/aromatic N) is 2. The highest BCUT2D eigenvalue weighted by molar-refractivity contribution is 5.94. The van der Waals surface area contributed by atoms with Crippen LogP contribution in [0.3, 0.4) is 0 Å². The van der Waals surface area contributed by atoms with Gasteiger partial charge in [0.25, 0.3) is 11.5 Å². The lowest BCUT2D eigenvalue weighted by molar-refractivity contribution is 0.0940. The molecule has 7 heteroatoms. The molecular formula is C31H27N3O4. The van der Waals surface area contributed by atoms with Crippen LogP contribution >= 0.6 is 0 Å². The molecule has 0 radical (unpaired) electrons. The van der Waals surface area contributed by atoms with Gasteiger partial charge in [-0.15, -0.1) is 0 Å². The second-order valence-electron chi connectivity index (χ2n) is 9.00. The molecule has 7 nitrogen and oxygen atoms in total. The lowest BCUT2D eigenvalue weighted by Crippen LogP contribution is -2.39. The lowest BCUT2D eigenvalue weighted by atomic mass is 10.1. The molecule has 38 heavy (non-hydrogen) atoms. The summed E-state index contributed by atoms with van der Waals surface area (Å²) in [5.74, 6) is 0.244. The minimum Gasteiger partial charge on any atom is -0.495 e. The molecule has 1 atom stereocenters. The minimum atomic E-state index is -0.475. The van der Waals surface area contributed by atoms with Crippen molar-refractivity contribution in [3.05, 3.63) is 141 Å². The van der Waals surface area contributed by atoms with Gasteiger partial charge in [0.15, 0.2) is 0 Å². The SMILES string of the molecule is COc1ccccc1-n1c(=O)c2ccccc2n(Cc2ccc(C(=O)NC(C)c3ccccc3)cc2)c1=O. The van der Waals surface area contributed by atoms with E-state index in [-0.39, 0.29) is 18.5 Å². The number of fused-ring (bicyclic) bond motifs is 1. The van der Waals surface area contributed by atoms with Gasteiger partial charge in [0.05, 0.1) is 36.3 Å². The molecule has 0 bridgehead atoms. The summed E-state index contributed by atoms with van der Waals surface area (Å²) in [5.41, 5.74) is 2.38. The van der Waals surface area contributed by atoms with Gasteiger partial charge in [-0.3, -0.25) is 14.2 Å². The van der Waals surface area contributed by atoms with E-state index in [0.717, 1.165) is 15.7 Å². The van der Waals surface area contributed by atoms with Gasteiger partial charge in [-0.05, 0) is 54.4 Å². The maximum atomic E-state index is 13.7. The summed E-state index contributed by atoms with van der Waals surface area (Å²) in [4.78, 5) is 39.9. The van der Waals surface area contributed by atoms with Crippen molar-refractivity contribution in [3.8, 4) is 11.4 Å². The second kappa shape index (κ2) is 10.6. The van der Waals surface area contributed by atoms with Gasteiger partial charge >= 0.3 is 5.69 Å². The van der Waals surface area contributed by atoms with Crippen LogP contribution in [-0.4, -0.2) is 22.2 Å². The van der Waals surface area contributed by atoms with E-state index >= 15 is 0 Å². The number of amides is 1. The fourth-order valence-electron chi connectivity index (χ4n) is 4.55. The van der Waals surface area contributed by atoms with E-state index in [4.69, 9.17) is 4.74 Å². The number of para-hydroxylation sites is 3. The normalized spacial score (nSPS) is 11.7. The quantitative estimate of drug-likeness (QED) is 0.348. The molecule has 5 aromatic rings. The van der Waals surface area contributed by atoms with Crippen LogP contribution < -0.4 is 21.3 Å². The number of nitrogens with one attached hydrogen (secondary N) is 1. The molecule has 0 aliphatic carbocycles. The predicted octanol–water partition coefficient (Wildman–Crippen LogP) is 4.70. The van der Waals surface area contributed by atoms with Crippen LogP contribution in [0.2, 0.25) is 0 Å². The molecule has 1 amide bonds. The van der Waals surface area contributed by atoms with E-state index in [1.165, 1.54) is 7.11 Å². The van der Waals surface area contributed by atoms with Gasteiger partial charge in [-0.25, -0.2) is 9.36 Å². The van der Waals surface area contributed by atoms with Crippen molar-refractivity contribution in [1.82, 2.24) is 14.5 Å². The molecule has 4 aromatic carbocycles. The Balaban J connectivity index is 1.49. The number of aromatic nitrogens is 2. The Morgan fingerprint density at radius 2 is 1.50 bits per heavy atom. The summed E-state index contributed by atoms with van der Waals surface area (Å²) in [6, 6.07) is 30.7. The van der Waals surface area contributed by atoms with Gasteiger partial charge in [0.2, 0.25) is 0 Å². The first kappa shape index (κ1) is 24.8. The Kier molecular flexibility index (Phi) is 6.91. The summed E-state index contributed by atoms with van der Waals surface area (Å²) in [7, 11) is 1.50. The van der Waals surface area contributed by atoms with E-state index in [0.29, 0.717) is 27.9 Å². The molecule has 5 rings (SSSR count). The van der Waals surface area contributed by atoms with Crippen molar-refractivity contribution in [2.45, 2.75) is 19.5 Å². The Hall–Kier alpha value is -4.91. The number of ether oxygens (including phenoxy) is 1. The zero-order valence-electron chi connectivity index (χ0n) is 21.1. The number of benzene rings is 4. The lowest BCUT2D eigenvalue weighted by Gasteiger charge is -2.16. The summed E-state index contributed by atoms with van der Waals surface area (Å²) in [5, 5.41) is 3.43. The summed E-state index contributed by atoms with van der Waals surface area (Å²) < 4.78 is 8.14. The number of methoxy groups -OCH3 is 1. The highest BCUT2D eigenvalue weighted by Crippen LogP contribution is 2.21. The number of hydrogen-bond donors (Lipinski definition) is 1. The number of carbonyl (C=O) groups excluding carboxylic acids is 1. The van der Waals surface area contributed by atoms with Crippen LogP contribution in [0.15, 0.2) is 113 Å². The molecule has 1 heterocycles. The van der Waals surface area contributed by atoms with Crippen molar-refractivity contribution < 1.29 is 9.53 Å². The fourth-order valence-corrected chi connectivity index (χ4v) is 4.55. The fraction of sp³-hybridized carbons (Fsp3) is 0.129. The van der Waals surface area contributed by atoms with Crippen LogP contribution in [0.1, 0.15) is 34.5 Å². The Bertz CT molecular complexity index is 1720. The first-order chi connectivity index (χ1) is 18.5. The summed E-state index contributed by atoms with van der Waals surface area (Å²) in [6.07, 6.45) is 0. The monoisotopic (exact) mass is 505 g/mol. The standard InChI is InChI=1S/C31H27N3O4/c1-21(23-10-4-3-5-11-23)32-29(35)24-18-16-22(17-19-24)20-33-26-13-7-6-12-25(26)30(36)34(31(33)37)27-14-8-9-15-28(27)38-2/h3-19,21H,20H2,1-2H3,(H,32,35). The number of rotatable bonds is 7. The van der Waals surface area contributed by atoms with E-state index in [1.807, 2.05) is 49.4 Å². The molecule has 0 aliphatic heterocycles. The van der Waals surface area contributed by atoms with Crippen LogP contribution in [0.25, 0.3) is 16.6 Å². The topological polar surface area (TPSA) is 82.3 Å². The van der Waals surface area contributed by atoms with Crippen LogP contribution in [0, 0.1) is 0 Å². The van der Waals surface area contributed by atoms with E-state index in [1.54, 1.807) is 65.2 Å². The molecule has 0 aliphatic rings. The third-order valence-electron chi connectivity index (χ3n) is 6.58. The molecule has 1 N–H and O–H groups in total. The second-order valence-corrected chi connectivity index (χ2v) is 9.00. The molecule has 1 unspecified atom stereocenters. The minimum absolute atomic E-state index is 0.135. The number of carbonyl (C=O) groups is 1. The van der Waals surface area contributed by atoms with Gasteiger partial charge in [-0.1, -0.05) is 66.7 Å². The van der Waals surface area contributed by atoms with E-state index < -0.39 is 11.2 Å². The van der Waals surface area contributed by atoms with Crippen molar-refractivity contribution >= 4 is 16.8 Å². The van der Waals surface area contributed by atoms with Crippen molar-refractivity contribution in [3.63, 3.8) is 0 Å². The van der Waals surface area contributed by atoms with Crippen molar-refractivity contribution in [2.75, 3.05) is 7.11 Å². The van der Waals surface area contributed by atoms with Gasteiger partial charge in [-0.2, -0.15) is 0 Å². The van der Waals surface area contributed by atoms with E-state index in [2.05, 4.69) is 5.32 Å². The maximum absolute atomic E-state index is 13.7. The Labute approximate surface area is 219 Å². The summed E-state index contributed by atoms with van der Waals surface area (Å²) in [6.45, 7) is 2.16. The van der Waals surface area contributed by atoms with Crippen LogP contribution in [-0.2, 0) is 6.54 Å². The third kappa shape index (κ3) is 4.74. The van der Waals surface area contributed by atoms with E-state index in [9.17, 15) is 14.4 Å². The molecule has 0 spiro atoms. The first-order valence-electron chi connectivity index (χ1n) is 12.3. The Morgan fingerprint density at radius 1 is 0.842 bits per heavy atom.